The normalized spacial score (nSPS) is 11.9. The summed E-state index contributed by atoms with van der Waals surface area (Å²) in [4.78, 5) is 31.0. The molecular formula is C24H22BrClF3N9O2. The Kier molecular flexibility index (Phi) is 7.99. The molecule has 2 amide bonds. The van der Waals surface area contributed by atoms with Crippen LogP contribution in [0.2, 0.25) is 5.02 Å². The number of nitrogens with zero attached hydrogens (tertiary/aromatic N) is 7. The molecule has 0 saturated carbocycles. The maximum absolute atomic E-state index is 13.7. The third-order valence-corrected chi connectivity index (χ3v) is 6.14. The van der Waals surface area contributed by atoms with Crippen molar-refractivity contribution in [3.8, 4) is 5.82 Å². The predicted octanol–water partition coefficient (Wildman–Crippen LogP) is 4.83. The number of hydrogen-bond acceptors (Lipinski definition) is 7. The number of aryl methyl sites for hydroxylation is 1. The van der Waals surface area contributed by atoms with Gasteiger partial charge in [-0.3, -0.25) is 9.59 Å². The summed E-state index contributed by atoms with van der Waals surface area (Å²) in [7, 11) is 0. The van der Waals surface area contributed by atoms with Gasteiger partial charge in [0.05, 0.1) is 28.0 Å². The molecule has 0 aliphatic rings. The van der Waals surface area contributed by atoms with E-state index >= 15 is 0 Å². The highest BCUT2D eigenvalue weighted by atomic mass is 79.9. The van der Waals surface area contributed by atoms with Gasteiger partial charge < -0.3 is 10.6 Å². The summed E-state index contributed by atoms with van der Waals surface area (Å²) in [5.41, 5.74) is 0.228. The van der Waals surface area contributed by atoms with Crippen molar-refractivity contribution >= 4 is 45.0 Å². The number of hydrogen-bond donors (Lipinski definition) is 2. The summed E-state index contributed by atoms with van der Waals surface area (Å²) in [6.45, 7) is 6.60. The molecule has 16 heteroatoms. The van der Waals surface area contributed by atoms with E-state index in [1.807, 2.05) is 0 Å². The standard InChI is InChI=1S/C24H22BrClF3N9O2/c1-12-8-13(26)9-15(20(39)32-23(2,3)4)18(12)31-21(40)17-10-14(11-37-22(24(27,28)29)33-35-36-37)34-38(17)19-16(25)6-5-7-30-19/h5-10H,11H2,1-4H3,(H,31,40)(H,32,39). The molecule has 210 valence electrons. The lowest BCUT2D eigenvalue weighted by Crippen LogP contribution is -2.41. The highest BCUT2D eigenvalue weighted by molar-refractivity contribution is 9.10. The minimum Gasteiger partial charge on any atom is -0.347 e. The molecule has 1 aromatic carbocycles. The molecule has 0 fully saturated rings. The predicted molar refractivity (Wildman–Crippen MR) is 142 cm³/mol. The van der Waals surface area contributed by atoms with Crippen LogP contribution in [0.15, 0.2) is 41.0 Å². The molecular weight excluding hydrogens is 619 g/mol. The Morgan fingerprint density at radius 1 is 1.12 bits per heavy atom. The first-order chi connectivity index (χ1) is 18.6. The lowest BCUT2D eigenvalue weighted by Gasteiger charge is -2.22. The lowest BCUT2D eigenvalue weighted by molar-refractivity contribution is -0.147. The Labute approximate surface area is 239 Å². The molecule has 0 unspecified atom stereocenters. The van der Waals surface area contributed by atoms with Crippen LogP contribution in [0.1, 0.15) is 58.7 Å². The summed E-state index contributed by atoms with van der Waals surface area (Å²) >= 11 is 9.57. The van der Waals surface area contributed by atoms with E-state index < -0.39 is 35.9 Å². The molecule has 0 atom stereocenters. The summed E-state index contributed by atoms with van der Waals surface area (Å²) < 4.78 is 42.1. The van der Waals surface area contributed by atoms with E-state index in [1.165, 1.54) is 23.0 Å². The van der Waals surface area contributed by atoms with Crippen LogP contribution < -0.4 is 10.6 Å². The molecule has 0 aliphatic heterocycles. The van der Waals surface area contributed by atoms with Crippen LogP contribution in [0.5, 0.6) is 0 Å². The first-order valence-corrected chi connectivity index (χ1v) is 12.8. The van der Waals surface area contributed by atoms with Gasteiger partial charge in [-0.05, 0) is 89.9 Å². The first-order valence-electron chi connectivity index (χ1n) is 11.6. The van der Waals surface area contributed by atoms with Gasteiger partial charge in [0.1, 0.15) is 5.69 Å². The SMILES string of the molecule is Cc1cc(Cl)cc(C(=O)NC(C)(C)C)c1NC(=O)c1cc(Cn2nnnc2C(F)(F)F)nn1-c1ncccc1Br. The average Bonchev–Trinajstić information content (AvgIpc) is 3.47. The highest BCUT2D eigenvalue weighted by Crippen LogP contribution is 2.29. The van der Waals surface area contributed by atoms with Crippen LogP contribution in [0, 0.1) is 6.92 Å². The van der Waals surface area contributed by atoms with E-state index in [2.05, 4.69) is 52.2 Å². The number of aromatic nitrogens is 7. The van der Waals surface area contributed by atoms with Gasteiger partial charge in [-0.25, -0.2) is 14.3 Å². The zero-order chi connectivity index (χ0) is 29.4. The van der Waals surface area contributed by atoms with Crippen molar-refractivity contribution in [1.82, 2.24) is 40.3 Å². The number of nitrogens with one attached hydrogen (secondary N) is 2. The Bertz CT molecular complexity index is 1600. The third-order valence-electron chi connectivity index (χ3n) is 5.30. The lowest BCUT2D eigenvalue weighted by atomic mass is 10.0. The molecule has 0 aliphatic carbocycles. The van der Waals surface area contributed by atoms with E-state index in [-0.39, 0.29) is 28.5 Å². The van der Waals surface area contributed by atoms with E-state index in [9.17, 15) is 22.8 Å². The van der Waals surface area contributed by atoms with Crippen molar-refractivity contribution in [3.63, 3.8) is 0 Å². The van der Waals surface area contributed by atoms with Gasteiger partial charge in [-0.15, -0.1) is 5.10 Å². The minimum atomic E-state index is -4.80. The maximum atomic E-state index is 13.7. The molecule has 3 aromatic heterocycles. The second-order valence-corrected chi connectivity index (χ2v) is 11.0. The van der Waals surface area contributed by atoms with Crippen LogP contribution in [0.25, 0.3) is 5.82 Å². The van der Waals surface area contributed by atoms with Crippen LogP contribution in [0.3, 0.4) is 0 Å². The van der Waals surface area contributed by atoms with Gasteiger partial charge in [0, 0.05) is 16.8 Å². The molecule has 4 aromatic rings. The van der Waals surface area contributed by atoms with Crippen LogP contribution in [-0.4, -0.2) is 52.3 Å². The largest absolute Gasteiger partial charge is 0.453 e. The fourth-order valence-corrected chi connectivity index (χ4v) is 4.40. The Hall–Kier alpha value is -3.85. The van der Waals surface area contributed by atoms with Crippen molar-refractivity contribution in [2.45, 2.75) is 46.0 Å². The topological polar surface area (TPSA) is 133 Å². The second kappa shape index (κ2) is 11.0. The average molecular weight is 641 g/mol. The molecule has 11 nitrogen and oxygen atoms in total. The molecule has 0 saturated heterocycles. The van der Waals surface area contributed by atoms with E-state index in [1.54, 1.807) is 45.9 Å². The summed E-state index contributed by atoms with van der Waals surface area (Å²) in [6.07, 6.45) is -3.34. The number of rotatable bonds is 6. The van der Waals surface area contributed by atoms with E-state index in [0.29, 0.717) is 19.7 Å². The molecule has 0 bridgehead atoms. The van der Waals surface area contributed by atoms with Crippen molar-refractivity contribution in [2.24, 2.45) is 0 Å². The van der Waals surface area contributed by atoms with Gasteiger partial charge in [0.25, 0.3) is 17.6 Å². The number of amides is 2. The van der Waals surface area contributed by atoms with Crippen molar-refractivity contribution in [3.05, 3.63) is 74.4 Å². The Morgan fingerprint density at radius 3 is 2.50 bits per heavy atom. The number of carbonyl (C=O) groups excluding carboxylic acids is 2. The fraction of sp³-hybridized carbons (Fsp3) is 0.292. The van der Waals surface area contributed by atoms with Gasteiger partial charge in [0.15, 0.2) is 5.82 Å². The number of pyridine rings is 1. The summed E-state index contributed by atoms with van der Waals surface area (Å²) in [5, 5.41) is 19.7. The molecule has 0 radical (unpaired) electrons. The molecule has 4 rings (SSSR count). The second-order valence-electron chi connectivity index (χ2n) is 9.70. The van der Waals surface area contributed by atoms with Crippen LogP contribution >= 0.6 is 27.5 Å². The van der Waals surface area contributed by atoms with Crippen molar-refractivity contribution in [1.29, 1.82) is 0 Å². The van der Waals surface area contributed by atoms with Gasteiger partial charge in [-0.1, -0.05) is 11.6 Å². The zero-order valence-electron chi connectivity index (χ0n) is 21.5. The number of benzene rings is 1. The Balaban J connectivity index is 1.77. The number of tetrazole rings is 1. The number of anilines is 1. The monoisotopic (exact) mass is 639 g/mol. The number of alkyl halides is 3. The maximum Gasteiger partial charge on any atom is 0.453 e. The molecule has 0 spiro atoms. The third kappa shape index (κ3) is 6.47. The van der Waals surface area contributed by atoms with Crippen LogP contribution in [0.4, 0.5) is 18.9 Å². The number of halogens is 5. The summed E-state index contributed by atoms with van der Waals surface area (Å²) in [6, 6.07) is 7.61. The zero-order valence-corrected chi connectivity index (χ0v) is 23.8. The smallest absolute Gasteiger partial charge is 0.347 e. The molecule has 40 heavy (non-hydrogen) atoms. The van der Waals surface area contributed by atoms with E-state index in [4.69, 9.17) is 11.6 Å². The highest BCUT2D eigenvalue weighted by Gasteiger charge is 2.38. The Morgan fingerprint density at radius 2 is 1.85 bits per heavy atom. The van der Waals surface area contributed by atoms with Gasteiger partial charge in [0.2, 0.25) is 0 Å². The molecule has 3 heterocycles. The van der Waals surface area contributed by atoms with Gasteiger partial charge in [-0.2, -0.15) is 18.3 Å². The van der Waals surface area contributed by atoms with Gasteiger partial charge >= 0.3 is 6.18 Å². The minimum absolute atomic E-state index is 0.0408. The van der Waals surface area contributed by atoms with Crippen molar-refractivity contribution < 1.29 is 22.8 Å². The van der Waals surface area contributed by atoms with E-state index in [0.717, 1.165) is 0 Å². The molecule has 2 N–H and O–H groups in total. The quantitative estimate of drug-likeness (QED) is 0.309. The number of carbonyl (C=O) groups is 2. The first kappa shape index (κ1) is 29.1. The fourth-order valence-electron chi connectivity index (χ4n) is 3.71. The summed E-state index contributed by atoms with van der Waals surface area (Å²) in [5.74, 6) is -2.30. The van der Waals surface area contributed by atoms with Crippen molar-refractivity contribution in [2.75, 3.05) is 5.32 Å². The van der Waals surface area contributed by atoms with Crippen LogP contribution in [-0.2, 0) is 12.7 Å².